The highest BCUT2D eigenvalue weighted by Crippen LogP contribution is 2.17. The summed E-state index contributed by atoms with van der Waals surface area (Å²) in [6.45, 7) is 2.24. The average Bonchev–Trinajstić information content (AvgIpc) is 2.17. The third-order valence-electron chi connectivity index (χ3n) is 1.92. The first-order valence-corrected chi connectivity index (χ1v) is 6.71. The number of primary sulfonamides is 1. The van der Waals surface area contributed by atoms with Crippen molar-refractivity contribution in [3.05, 3.63) is 17.0 Å². The van der Waals surface area contributed by atoms with Gasteiger partial charge >= 0.3 is 0 Å². The average molecular weight is 265 g/mol. The summed E-state index contributed by atoms with van der Waals surface area (Å²) in [4.78, 5) is 7.79. The zero-order valence-corrected chi connectivity index (χ0v) is 10.3. The molecule has 0 unspecified atom stereocenters. The summed E-state index contributed by atoms with van der Waals surface area (Å²) in [7, 11) is -3.40. The normalized spacial score (nSPS) is 11.4. The van der Waals surface area contributed by atoms with E-state index < -0.39 is 10.0 Å². The first kappa shape index (κ1) is 13.1. The van der Waals surface area contributed by atoms with Crippen molar-refractivity contribution in [1.82, 2.24) is 9.97 Å². The summed E-state index contributed by atoms with van der Waals surface area (Å²) < 4.78 is 21.3. The molecule has 16 heavy (non-hydrogen) atoms. The van der Waals surface area contributed by atoms with Gasteiger partial charge in [0.25, 0.3) is 0 Å². The van der Waals surface area contributed by atoms with Crippen LogP contribution in [0.2, 0.25) is 5.15 Å². The highest BCUT2D eigenvalue weighted by atomic mass is 35.5. The molecule has 0 saturated carbocycles. The molecule has 0 bridgehead atoms. The maximum Gasteiger partial charge on any atom is 0.209 e. The van der Waals surface area contributed by atoms with Crippen molar-refractivity contribution in [2.45, 2.75) is 13.3 Å². The van der Waals surface area contributed by atoms with Crippen molar-refractivity contribution in [1.29, 1.82) is 0 Å². The molecule has 0 aromatic carbocycles. The summed E-state index contributed by atoms with van der Waals surface area (Å²) in [5, 5.41) is 8.22. The van der Waals surface area contributed by atoms with Crippen molar-refractivity contribution in [3.63, 3.8) is 0 Å². The van der Waals surface area contributed by atoms with E-state index in [1.165, 1.54) is 6.33 Å². The van der Waals surface area contributed by atoms with Crippen LogP contribution in [0.4, 0.5) is 5.82 Å². The Kier molecular flexibility index (Phi) is 4.45. The molecule has 90 valence electrons. The summed E-state index contributed by atoms with van der Waals surface area (Å²) in [5.41, 5.74) is 0.736. The predicted molar refractivity (Wildman–Crippen MR) is 62.9 cm³/mol. The van der Waals surface area contributed by atoms with Gasteiger partial charge in [0, 0.05) is 12.1 Å². The monoisotopic (exact) mass is 264 g/mol. The summed E-state index contributed by atoms with van der Waals surface area (Å²) >= 11 is 5.79. The largest absolute Gasteiger partial charge is 0.370 e. The van der Waals surface area contributed by atoms with Crippen molar-refractivity contribution in [2.75, 3.05) is 17.6 Å². The molecule has 1 aromatic rings. The van der Waals surface area contributed by atoms with Gasteiger partial charge < -0.3 is 5.32 Å². The number of hydrogen-bond donors (Lipinski definition) is 2. The maximum absolute atomic E-state index is 10.7. The van der Waals surface area contributed by atoms with E-state index in [2.05, 4.69) is 15.3 Å². The molecule has 1 aromatic heterocycles. The lowest BCUT2D eigenvalue weighted by atomic mass is 10.3. The van der Waals surface area contributed by atoms with Crippen LogP contribution in [0, 0.1) is 6.92 Å². The van der Waals surface area contributed by atoms with E-state index in [0.717, 1.165) is 5.56 Å². The number of nitrogens with two attached hydrogens (primary N) is 1. The Bertz CT molecular complexity index is 463. The van der Waals surface area contributed by atoms with Gasteiger partial charge in [-0.3, -0.25) is 0 Å². The minimum atomic E-state index is -3.40. The summed E-state index contributed by atoms with van der Waals surface area (Å²) in [5.74, 6) is 0.548. The predicted octanol–water partition coefficient (Wildman–Crippen LogP) is 0.529. The number of halogens is 1. The Labute approximate surface area is 99.3 Å². The van der Waals surface area contributed by atoms with Crippen LogP contribution in [0.5, 0.6) is 0 Å². The molecular formula is C8H13ClN4O2S. The molecule has 0 radical (unpaired) electrons. The Hall–Kier alpha value is -0.920. The lowest BCUT2D eigenvalue weighted by molar-refractivity contribution is 0.595. The van der Waals surface area contributed by atoms with E-state index in [1.807, 2.05) is 0 Å². The van der Waals surface area contributed by atoms with Gasteiger partial charge in [0.2, 0.25) is 10.0 Å². The second kappa shape index (κ2) is 5.42. The zero-order chi connectivity index (χ0) is 12.2. The third-order valence-corrected chi connectivity index (χ3v) is 3.16. The number of anilines is 1. The first-order chi connectivity index (χ1) is 7.40. The van der Waals surface area contributed by atoms with Crippen LogP contribution in [-0.4, -0.2) is 30.7 Å². The van der Waals surface area contributed by atoms with Crippen LogP contribution in [0.1, 0.15) is 12.0 Å². The van der Waals surface area contributed by atoms with E-state index >= 15 is 0 Å². The van der Waals surface area contributed by atoms with Gasteiger partial charge in [-0.05, 0) is 13.3 Å². The molecular weight excluding hydrogens is 252 g/mol. The third kappa shape index (κ3) is 4.30. The first-order valence-electron chi connectivity index (χ1n) is 4.61. The number of sulfonamides is 1. The smallest absolute Gasteiger partial charge is 0.209 e. The molecule has 0 fully saturated rings. The Morgan fingerprint density at radius 2 is 2.19 bits per heavy atom. The van der Waals surface area contributed by atoms with Crippen molar-refractivity contribution >= 4 is 27.4 Å². The fourth-order valence-electron chi connectivity index (χ4n) is 1.09. The molecule has 0 saturated heterocycles. The van der Waals surface area contributed by atoms with E-state index in [9.17, 15) is 8.42 Å². The molecule has 0 aliphatic carbocycles. The zero-order valence-electron chi connectivity index (χ0n) is 8.77. The molecule has 0 spiro atoms. The van der Waals surface area contributed by atoms with E-state index in [0.29, 0.717) is 23.9 Å². The van der Waals surface area contributed by atoms with Crippen LogP contribution in [0.15, 0.2) is 6.33 Å². The van der Waals surface area contributed by atoms with Crippen LogP contribution in [-0.2, 0) is 10.0 Å². The van der Waals surface area contributed by atoms with Gasteiger partial charge in [-0.25, -0.2) is 23.5 Å². The van der Waals surface area contributed by atoms with Crippen LogP contribution >= 0.6 is 11.6 Å². The Balaban J connectivity index is 2.47. The van der Waals surface area contributed by atoms with Crippen molar-refractivity contribution in [2.24, 2.45) is 5.14 Å². The molecule has 0 amide bonds. The summed E-state index contributed by atoms with van der Waals surface area (Å²) in [6, 6.07) is 0. The Morgan fingerprint density at radius 1 is 1.50 bits per heavy atom. The van der Waals surface area contributed by atoms with Gasteiger partial charge in [-0.15, -0.1) is 0 Å². The van der Waals surface area contributed by atoms with Gasteiger partial charge in [0.1, 0.15) is 17.3 Å². The molecule has 0 atom stereocenters. The Morgan fingerprint density at radius 3 is 2.81 bits per heavy atom. The fraction of sp³-hybridized carbons (Fsp3) is 0.500. The van der Waals surface area contributed by atoms with E-state index in [-0.39, 0.29) is 5.75 Å². The van der Waals surface area contributed by atoms with Crippen LogP contribution < -0.4 is 10.5 Å². The second-order valence-corrected chi connectivity index (χ2v) is 5.38. The van der Waals surface area contributed by atoms with E-state index in [1.54, 1.807) is 6.92 Å². The number of rotatable bonds is 5. The topological polar surface area (TPSA) is 98.0 Å². The van der Waals surface area contributed by atoms with Crippen molar-refractivity contribution < 1.29 is 8.42 Å². The molecule has 8 heteroatoms. The fourth-order valence-corrected chi connectivity index (χ4v) is 1.77. The van der Waals surface area contributed by atoms with E-state index in [4.69, 9.17) is 16.7 Å². The molecule has 1 heterocycles. The lowest BCUT2D eigenvalue weighted by Crippen LogP contribution is -2.19. The molecule has 6 nitrogen and oxygen atoms in total. The van der Waals surface area contributed by atoms with Crippen LogP contribution in [0.25, 0.3) is 0 Å². The van der Waals surface area contributed by atoms with Crippen molar-refractivity contribution in [3.8, 4) is 0 Å². The molecule has 3 N–H and O–H groups in total. The number of aromatic nitrogens is 2. The molecule has 0 aliphatic rings. The number of nitrogens with one attached hydrogen (secondary N) is 1. The SMILES string of the molecule is Cc1c(Cl)ncnc1NCCCS(N)(=O)=O. The highest BCUT2D eigenvalue weighted by molar-refractivity contribution is 7.89. The minimum Gasteiger partial charge on any atom is -0.370 e. The summed E-state index contributed by atoms with van der Waals surface area (Å²) in [6.07, 6.45) is 1.76. The van der Waals surface area contributed by atoms with Gasteiger partial charge in [-0.2, -0.15) is 0 Å². The second-order valence-electron chi connectivity index (χ2n) is 3.29. The standard InChI is InChI=1S/C8H13ClN4O2S/c1-6-7(9)12-5-13-8(6)11-3-2-4-16(10,14)15/h5H,2-4H2,1H3,(H2,10,14,15)(H,11,12,13). The number of hydrogen-bond acceptors (Lipinski definition) is 5. The van der Waals surface area contributed by atoms with Gasteiger partial charge in [-0.1, -0.05) is 11.6 Å². The number of nitrogens with zero attached hydrogens (tertiary/aromatic N) is 2. The highest BCUT2D eigenvalue weighted by Gasteiger charge is 2.05. The maximum atomic E-state index is 10.7. The van der Waals surface area contributed by atoms with Gasteiger partial charge in [0.05, 0.1) is 5.75 Å². The minimum absolute atomic E-state index is 0.0577. The quantitative estimate of drug-likeness (QED) is 0.597. The molecule has 1 rings (SSSR count). The molecule has 0 aliphatic heterocycles. The van der Waals surface area contributed by atoms with Crippen LogP contribution in [0.3, 0.4) is 0 Å². The van der Waals surface area contributed by atoms with Gasteiger partial charge in [0.15, 0.2) is 0 Å². The lowest BCUT2D eigenvalue weighted by Gasteiger charge is -2.07.